The fourth-order valence-electron chi connectivity index (χ4n) is 1.31. The Hall–Kier alpha value is -1.13. The van der Waals surface area contributed by atoms with Crippen molar-refractivity contribution < 1.29 is 10.2 Å². The van der Waals surface area contributed by atoms with E-state index in [1.165, 1.54) is 0 Å². The maximum atomic E-state index is 9.49. The van der Waals surface area contributed by atoms with Crippen molar-refractivity contribution in [3.63, 3.8) is 0 Å². The van der Waals surface area contributed by atoms with Gasteiger partial charge in [0.05, 0.1) is 12.7 Å². The molecule has 4 heteroatoms. The van der Waals surface area contributed by atoms with Gasteiger partial charge in [-0.3, -0.25) is 0 Å². The summed E-state index contributed by atoms with van der Waals surface area (Å²) in [7, 11) is 1.84. The second kappa shape index (κ2) is 4.93. The molecule has 1 atom stereocenters. The molecule has 0 saturated heterocycles. The number of pyridine rings is 1. The van der Waals surface area contributed by atoms with E-state index in [0.29, 0.717) is 6.54 Å². The lowest BCUT2D eigenvalue weighted by molar-refractivity contribution is 0.199. The van der Waals surface area contributed by atoms with Gasteiger partial charge in [0.1, 0.15) is 5.82 Å². The first-order valence-corrected chi connectivity index (χ1v) is 4.61. The summed E-state index contributed by atoms with van der Waals surface area (Å²) in [5, 5.41) is 18.3. The molecular formula is C10H16N2O2. The maximum Gasteiger partial charge on any atom is 0.134 e. The van der Waals surface area contributed by atoms with Gasteiger partial charge in [-0.05, 0) is 13.0 Å². The number of rotatable bonds is 4. The van der Waals surface area contributed by atoms with Crippen molar-refractivity contribution in [1.29, 1.82) is 0 Å². The standard InChI is InChI=1S/C10H16N2O2/c1-8(14)9-4-3-5-11-10(9)12(2)6-7-13/h3-5,8,13-14H,6-7H2,1-2H3/t8-/m0/s1. The second-order valence-electron chi connectivity index (χ2n) is 3.24. The molecule has 1 rings (SSSR count). The van der Waals surface area contributed by atoms with E-state index in [0.717, 1.165) is 11.4 Å². The van der Waals surface area contributed by atoms with Crippen molar-refractivity contribution in [2.75, 3.05) is 25.1 Å². The number of hydrogen-bond acceptors (Lipinski definition) is 4. The van der Waals surface area contributed by atoms with Crippen LogP contribution in [0.2, 0.25) is 0 Å². The van der Waals surface area contributed by atoms with Gasteiger partial charge in [0.2, 0.25) is 0 Å². The van der Waals surface area contributed by atoms with Crippen LogP contribution in [-0.2, 0) is 0 Å². The van der Waals surface area contributed by atoms with Gasteiger partial charge in [0.15, 0.2) is 0 Å². The fraction of sp³-hybridized carbons (Fsp3) is 0.500. The van der Waals surface area contributed by atoms with Crippen molar-refractivity contribution in [1.82, 2.24) is 4.98 Å². The van der Waals surface area contributed by atoms with E-state index in [9.17, 15) is 5.11 Å². The van der Waals surface area contributed by atoms with Crippen LogP contribution in [0.4, 0.5) is 5.82 Å². The summed E-state index contributed by atoms with van der Waals surface area (Å²) < 4.78 is 0. The highest BCUT2D eigenvalue weighted by molar-refractivity contribution is 5.46. The zero-order valence-corrected chi connectivity index (χ0v) is 8.51. The molecule has 0 aliphatic rings. The molecular weight excluding hydrogens is 180 g/mol. The van der Waals surface area contributed by atoms with E-state index in [1.54, 1.807) is 19.2 Å². The molecule has 0 fully saturated rings. The molecule has 78 valence electrons. The first kappa shape index (κ1) is 10.9. The van der Waals surface area contributed by atoms with Crippen LogP contribution >= 0.6 is 0 Å². The lowest BCUT2D eigenvalue weighted by atomic mass is 10.1. The Balaban J connectivity index is 2.94. The normalized spacial score (nSPS) is 12.6. The number of aromatic nitrogens is 1. The van der Waals surface area contributed by atoms with Gasteiger partial charge in [0.25, 0.3) is 0 Å². The Labute approximate surface area is 83.8 Å². The third-order valence-corrected chi connectivity index (χ3v) is 2.06. The number of likely N-dealkylation sites (N-methyl/N-ethyl adjacent to an activating group) is 1. The van der Waals surface area contributed by atoms with Crippen molar-refractivity contribution in [3.05, 3.63) is 23.9 Å². The quantitative estimate of drug-likeness (QED) is 0.739. The zero-order chi connectivity index (χ0) is 10.6. The Bertz CT molecular complexity index is 289. The smallest absolute Gasteiger partial charge is 0.134 e. The molecule has 0 bridgehead atoms. The molecule has 1 heterocycles. The van der Waals surface area contributed by atoms with Crippen LogP contribution in [-0.4, -0.2) is 35.4 Å². The molecule has 0 aromatic carbocycles. The number of aliphatic hydroxyl groups excluding tert-OH is 2. The van der Waals surface area contributed by atoms with Gasteiger partial charge in [-0.2, -0.15) is 0 Å². The third-order valence-electron chi connectivity index (χ3n) is 2.06. The van der Waals surface area contributed by atoms with E-state index in [1.807, 2.05) is 18.0 Å². The molecule has 1 aromatic heterocycles. The van der Waals surface area contributed by atoms with Gasteiger partial charge < -0.3 is 15.1 Å². The third kappa shape index (κ3) is 2.43. The van der Waals surface area contributed by atoms with Crippen molar-refractivity contribution in [2.45, 2.75) is 13.0 Å². The van der Waals surface area contributed by atoms with Crippen LogP contribution < -0.4 is 4.90 Å². The Kier molecular flexibility index (Phi) is 3.85. The highest BCUT2D eigenvalue weighted by Crippen LogP contribution is 2.22. The number of nitrogens with zero attached hydrogens (tertiary/aromatic N) is 2. The van der Waals surface area contributed by atoms with Crippen LogP contribution in [0, 0.1) is 0 Å². The van der Waals surface area contributed by atoms with Crippen LogP contribution in [0.3, 0.4) is 0 Å². The van der Waals surface area contributed by atoms with E-state index < -0.39 is 6.10 Å². The zero-order valence-electron chi connectivity index (χ0n) is 8.51. The molecule has 0 aliphatic heterocycles. The van der Waals surface area contributed by atoms with Gasteiger partial charge >= 0.3 is 0 Å². The van der Waals surface area contributed by atoms with Crippen LogP contribution in [0.1, 0.15) is 18.6 Å². The molecule has 1 aromatic rings. The lowest BCUT2D eigenvalue weighted by Crippen LogP contribution is -2.23. The van der Waals surface area contributed by atoms with Gasteiger partial charge in [-0.1, -0.05) is 6.07 Å². The number of aliphatic hydroxyl groups is 2. The fourth-order valence-corrected chi connectivity index (χ4v) is 1.31. The lowest BCUT2D eigenvalue weighted by Gasteiger charge is -2.20. The summed E-state index contributed by atoms with van der Waals surface area (Å²) in [6, 6.07) is 3.62. The number of anilines is 1. The highest BCUT2D eigenvalue weighted by Gasteiger charge is 2.11. The number of hydrogen-bond donors (Lipinski definition) is 2. The average molecular weight is 196 g/mol. The van der Waals surface area contributed by atoms with Gasteiger partial charge in [-0.25, -0.2) is 4.98 Å². The molecule has 2 N–H and O–H groups in total. The topological polar surface area (TPSA) is 56.6 Å². The predicted octanol–water partition coefficient (Wildman–Crippen LogP) is 0.563. The van der Waals surface area contributed by atoms with Crippen LogP contribution in [0.5, 0.6) is 0 Å². The Morgan fingerprint density at radius 3 is 2.86 bits per heavy atom. The summed E-state index contributed by atoms with van der Waals surface area (Å²) in [5.74, 6) is 0.719. The molecule has 0 amide bonds. The van der Waals surface area contributed by atoms with Crippen LogP contribution in [0.15, 0.2) is 18.3 Å². The highest BCUT2D eigenvalue weighted by atomic mass is 16.3. The SMILES string of the molecule is C[C@H](O)c1cccnc1N(C)CCO. The minimum Gasteiger partial charge on any atom is -0.395 e. The van der Waals surface area contributed by atoms with E-state index >= 15 is 0 Å². The van der Waals surface area contributed by atoms with Crippen molar-refractivity contribution in [3.8, 4) is 0 Å². The summed E-state index contributed by atoms with van der Waals surface area (Å²) >= 11 is 0. The van der Waals surface area contributed by atoms with Gasteiger partial charge in [-0.15, -0.1) is 0 Å². The van der Waals surface area contributed by atoms with E-state index in [-0.39, 0.29) is 6.61 Å². The summed E-state index contributed by atoms with van der Waals surface area (Å²) in [6.07, 6.45) is 1.13. The van der Waals surface area contributed by atoms with E-state index in [2.05, 4.69) is 4.98 Å². The summed E-state index contributed by atoms with van der Waals surface area (Å²) in [5.41, 5.74) is 0.781. The molecule has 4 nitrogen and oxygen atoms in total. The molecule has 0 unspecified atom stereocenters. The monoisotopic (exact) mass is 196 g/mol. The molecule has 0 radical (unpaired) electrons. The maximum absolute atomic E-state index is 9.49. The van der Waals surface area contributed by atoms with Gasteiger partial charge in [0, 0.05) is 25.4 Å². The Morgan fingerprint density at radius 1 is 1.57 bits per heavy atom. The predicted molar refractivity (Wildman–Crippen MR) is 55.2 cm³/mol. The minimum atomic E-state index is -0.542. The average Bonchev–Trinajstić information content (AvgIpc) is 2.18. The first-order chi connectivity index (χ1) is 6.66. The largest absolute Gasteiger partial charge is 0.395 e. The molecule has 14 heavy (non-hydrogen) atoms. The van der Waals surface area contributed by atoms with Crippen LogP contribution in [0.25, 0.3) is 0 Å². The minimum absolute atomic E-state index is 0.0757. The Morgan fingerprint density at radius 2 is 2.29 bits per heavy atom. The summed E-state index contributed by atoms with van der Waals surface area (Å²) in [4.78, 5) is 5.99. The van der Waals surface area contributed by atoms with Crippen molar-refractivity contribution >= 4 is 5.82 Å². The second-order valence-corrected chi connectivity index (χ2v) is 3.24. The first-order valence-electron chi connectivity index (χ1n) is 4.61. The molecule has 0 saturated carbocycles. The van der Waals surface area contributed by atoms with E-state index in [4.69, 9.17) is 5.11 Å². The van der Waals surface area contributed by atoms with Crippen molar-refractivity contribution in [2.24, 2.45) is 0 Å². The summed E-state index contributed by atoms with van der Waals surface area (Å²) in [6.45, 7) is 2.29. The molecule has 0 aliphatic carbocycles. The molecule has 0 spiro atoms.